The second-order valence-corrected chi connectivity index (χ2v) is 11.8. The molecule has 21 heteroatoms. The Hall–Kier alpha value is -4.57. The second kappa shape index (κ2) is 28.0. The molecule has 0 bridgehead atoms. The molecule has 9 N–H and O–H groups in total. The highest BCUT2D eigenvalue weighted by molar-refractivity contribution is 6.39. The molecule has 0 aromatic carbocycles. The first kappa shape index (κ1) is 48.4. The molecule has 4 atom stereocenters. The minimum atomic E-state index is -1.11. The lowest BCUT2D eigenvalue weighted by Gasteiger charge is -2.30. The molecule has 0 radical (unpaired) electrons. The molecule has 0 spiro atoms. The van der Waals surface area contributed by atoms with E-state index in [0.717, 1.165) is 0 Å². The van der Waals surface area contributed by atoms with Crippen LogP contribution in [0.1, 0.15) is 54.2 Å². The number of rotatable bonds is 24. The largest absolute Gasteiger partial charge is 0.481 e. The van der Waals surface area contributed by atoms with Gasteiger partial charge in [-0.15, -0.1) is 0 Å². The number of likely N-dealkylation sites (tertiary alicyclic amines) is 2. The average molecular weight is 766 g/mol. The maximum absolute atomic E-state index is 12.7. The highest BCUT2D eigenvalue weighted by atomic mass is 16.5. The van der Waals surface area contributed by atoms with Gasteiger partial charge in [0, 0.05) is 56.7 Å². The number of ether oxygens (including phenoxy) is 3. The highest BCUT2D eigenvalue weighted by Crippen LogP contribution is 2.24. The van der Waals surface area contributed by atoms with Gasteiger partial charge in [0.05, 0.1) is 37.9 Å². The number of hydrogen-bond acceptors (Lipinski definition) is 14. The van der Waals surface area contributed by atoms with Crippen molar-refractivity contribution >= 4 is 53.5 Å². The van der Waals surface area contributed by atoms with E-state index in [1.54, 1.807) is 12.0 Å². The molecule has 53 heavy (non-hydrogen) atoms. The van der Waals surface area contributed by atoms with Gasteiger partial charge in [0.15, 0.2) is 0 Å². The third-order valence-electron chi connectivity index (χ3n) is 8.10. The number of nitrogens with two attached hydrogens (primary N) is 2. The smallest absolute Gasteiger partial charge is 0.320 e. The number of Topliss-reactive ketones (excluding diaryl/α,β-unsaturated/α-hetero) is 2. The van der Waals surface area contributed by atoms with E-state index in [4.69, 9.17) is 31.2 Å². The second-order valence-electron chi connectivity index (χ2n) is 11.8. The quantitative estimate of drug-likeness (QED) is 0.0290. The van der Waals surface area contributed by atoms with Crippen molar-refractivity contribution in [3.8, 4) is 0 Å². The molecule has 306 valence electrons. The van der Waals surface area contributed by atoms with E-state index in [-0.39, 0.29) is 54.8 Å². The Bertz CT molecular complexity index is 1230. The van der Waals surface area contributed by atoms with Crippen molar-refractivity contribution in [2.24, 2.45) is 11.5 Å². The van der Waals surface area contributed by atoms with Crippen LogP contribution >= 0.6 is 0 Å². The molecule has 0 aromatic heterocycles. The Morgan fingerprint density at radius 3 is 1.62 bits per heavy atom. The fourth-order valence-corrected chi connectivity index (χ4v) is 5.55. The van der Waals surface area contributed by atoms with Crippen LogP contribution in [0.15, 0.2) is 0 Å². The standard InChI is InChI=1S/C18H30N4O7.C10H16N2O5.C4H9NO2.2H2/c1-28-10-7-20-17(26)14(23)6-5-12(15(24)18(27)21-8-11-29-2)22-9-3-4-13(22)16(19)25;11-9(15)6-2-1-5-12(6)7(10(16)17)3-4-8(13)14;1-7-3-2-5-4-6;;/h12-13H,3-11H2,1-2H3,(H2,19,25)(H,20,26)(H,21,27);6-7H,1-5H2,(H2,11,15)(H,13,14)(H,16,17);4H,2-3H2,1H3,(H,5,6);2*1H/t12?,13-;6-,7?;;;/m00.../s1. The van der Waals surface area contributed by atoms with Crippen molar-refractivity contribution in [3.05, 3.63) is 0 Å². The summed E-state index contributed by atoms with van der Waals surface area (Å²) < 4.78 is 14.2. The van der Waals surface area contributed by atoms with E-state index in [1.165, 1.54) is 19.1 Å². The zero-order chi connectivity index (χ0) is 40.3. The van der Waals surface area contributed by atoms with E-state index in [2.05, 4.69) is 20.7 Å². The van der Waals surface area contributed by atoms with E-state index >= 15 is 0 Å². The summed E-state index contributed by atoms with van der Waals surface area (Å²) in [6, 6.07) is -3.26. The molecule has 0 aliphatic carbocycles. The first-order valence-electron chi connectivity index (χ1n) is 17.0. The molecule has 2 aliphatic heterocycles. The third kappa shape index (κ3) is 19.2. The molecule has 0 saturated carbocycles. The van der Waals surface area contributed by atoms with Gasteiger partial charge in [-0.3, -0.25) is 53.0 Å². The van der Waals surface area contributed by atoms with Crippen molar-refractivity contribution in [3.63, 3.8) is 0 Å². The lowest BCUT2D eigenvalue weighted by atomic mass is 10.0. The Balaban J connectivity index is -0.000000878. The number of hydrogen-bond donors (Lipinski definition) is 7. The van der Waals surface area contributed by atoms with E-state index in [9.17, 15) is 43.2 Å². The summed E-state index contributed by atoms with van der Waals surface area (Å²) in [5, 5.41) is 24.9. The van der Waals surface area contributed by atoms with Crippen molar-refractivity contribution < 1.29 is 70.4 Å². The zero-order valence-corrected chi connectivity index (χ0v) is 30.5. The van der Waals surface area contributed by atoms with Gasteiger partial charge < -0.3 is 51.8 Å². The zero-order valence-electron chi connectivity index (χ0n) is 30.5. The van der Waals surface area contributed by atoms with Crippen LogP contribution < -0.4 is 27.4 Å². The van der Waals surface area contributed by atoms with Gasteiger partial charge in [-0.2, -0.15) is 0 Å². The number of carbonyl (C=O) groups excluding carboxylic acids is 7. The number of ketones is 2. The molecule has 2 saturated heterocycles. The Labute approximate surface area is 310 Å². The highest BCUT2D eigenvalue weighted by Gasteiger charge is 2.40. The van der Waals surface area contributed by atoms with E-state index in [1.807, 2.05) is 0 Å². The summed E-state index contributed by atoms with van der Waals surface area (Å²) in [5.74, 6) is -6.42. The molecular formula is C32H59N7O14. The minimum Gasteiger partial charge on any atom is -0.481 e. The maximum atomic E-state index is 12.7. The van der Waals surface area contributed by atoms with E-state index in [0.29, 0.717) is 58.3 Å². The topological polar surface area (TPSA) is 316 Å². The number of methoxy groups -OCH3 is 3. The molecule has 2 unspecified atom stereocenters. The summed E-state index contributed by atoms with van der Waals surface area (Å²) in [6.07, 6.45) is 2.41. The lowest BCUT2D eigenvalue weighted by Crippen LogP contribution is -2.53. The van der Waals surface area contributed by atoms with Crippen LogP contribution in [0.25, 0.3) is 0 Å². The van der Waals surface area contributed by atoms with Gasteiger partial charge in [-0.1, -0.05) is 0 Å². The fraction of sp³-hybridized carbons (Fsp3) is 0.719. The number of amides is 5. The molecule has 21 nitrogen and oxygen atoms in total. The number of nitrogens with zero attached hydrogens (tertiary/aromatic N) is 2. The van der Waals surface area contributed by atoms with Crippen molar-refractivity contribution in [2.45, 2.75) is 75.5 Å². The van der Waals surface area contributed by atoms with Crippen LogP contribution in [0.5, 0.6) is 0 Å². The van der Waals surface area contributed by atoms with Crippen LogP contribution in [0.4, 0.5) is 0 Å². The van der Waals surface area contributed by atoms with Crippen LogP contribution in [0, 0.1) is 0 Å². The predicted octanol–water partition coefficient (Wildman–Crippen LogP) is -3.13. The van der Waals surface area contributed by atoms with E-state index < -0.39 is 71.3 Å². The normalized spacial score (nSPS) is 17.8. The summed E-state index contributed by atoms with van der Waals surface area (Å²) in [4.78, 5) is 106. The van der Waals surface area contributed by atoms with Gasteiger partial charge >= 0.3 is 11.9 Å². The van der Waals surface area contributed by atoms with Crippen molar-refractivity contribution in [2.75, 3.05) is 73.9 Å². The van der Waals surface area contributed by atoms with Gasteiger partial charge in [0.2, 0.25) is 29.8 Å². The minimum absolute atomic E-state index is 0. The molecule has 0 aromatic rings. The first-order chi connectivity index (χ1) is 25.2. The maximum Gasteiger partial charge on any atom is 0.320 e. The number of aliphatic carboxylic acids is 2. The monoisotopic (exact) mass is 765 g/mol. The molecular weight excluding hydrogens is 706 g/mol. The predicted molar refractivity (Wildman–Crippen MR) is 189 cm³/mol. The van der Waals surface area contributed by atoms with Gasteiger partial charge in [0.1, 0.15) is 6.04 Å². The molecule has 2 heterocycles. The lowest BCUT2D eigenvalue weighted by molar-refractivity contribution is -0.145. The van der Waals surface area contributed by atoms with Crippen LogP contribution in [-0.2, 0) is 57.4 Å². The van der Waals surface area contributed by atoms with Gasteiger partial charge in [-0.25, -0.2) is 0 Å². The van der Waals surface area contributed by atoms with Crippen LogP contribution in [0.3, 0.4) is 0 Å². The number of carboxylic acid groups (broad SMARTS) is 2. The van der Waals surface area contributed by atoms with Gasteiger partial charge in [-0.05, 0) is 51.6 Å². The first-order valence-corrected chi connectivity index (χ1v) is 17.0. The summed E-state index contributed by atoms with van der Waals surface area (Å²) in [7, 11) is 4.52. The number of carboxylic acids is 2. The molecule has 2 rings (SSSR count). The fourth-order valence-electron chi connectivity index (χ4n) is 5.55. The van der Waals surface area contributed by atoms with Gasteiger partial charge in [0.25, 0.3) is 11.8 Å². The summed E-state index contributed by atoms with van der Waals surface area (Å²) in [5.41, 5.74) is 10.6. The summed E-state index contributed by atoms with van der Waals surface area (Å²) >= 11 is 0. The molecule has 2 fully saturated rings. The number of nitrogens with one attached hydrogen (secondary N) is 3. The third-order valence-corrected chi connectivity index (χ3v) is 8.10. The Morgan fingerprint density at radius 2 is 1.19 bits per heavy atom. The SMILES string of the molecule is COCCNC(=O)C(=O)CCC(C(=O)C(=O)NCCOC)N1CCC[C@H]1C(N)=O.COCCNC=O.NC(=O)[C@@H]1CCCN1C(CCC(=O)O)C(=O)O.[HH].[HH]. The number of carbonyl (C=O) groups is 9. The van der Waals surface area contributed by atoms with Crippen LogP contribution in [-0.4, -0.2) is 172 Å². The average Bonchev–Trinajstić information content (AvgIpc) is 3.80. The van der Waals surface area contributed by atoms with Crippen molar-refractivity contribution in [1.82, 2.24) is 25.8 Å². The Kier molecular flexibility index (Phi) is 25.6. The van der Waals surface area contributed by atoms with Crippen LogP contribution in [0.2, 0.25) is 0 Å². The summed E-state index contributed by atoms with van der Waals surface area (Å²) in [6.45, 7) is 2.86. The van der Waals surface area contributed by atoms with Crippen molar-refractivity contribution in [1.29, 1.82) is 0 Å². The molecule has 2 aliphatic rings. The molecule has 5 amide bonds. The number of primary amides is 2. The Morgan fingerprint density at radius 1 is 0.736 bits per heavy atom.